The van der Waals surface area contributed by atoms with Crippen LogP contribution in [0.4, 0.5) is 0 Å². The van der Waals surface area contributed by atoms with Crippen LogP contribution in [-0.4, -0.2) is 29.4 Å². The Bertz CT molecular complexity index is 694. The van der Waals surface area contributed by atoms with Gasteiger partial charge in [-0.1, -0.05) is 30.3 Å². The van der Waals surface area contributed by atoms with Crippen molar-refractivity contribution in [2.24, 2.45) is 0 Å². The number of benzene rings is 1. The number of aliphatic hydroxyl groups excluding tert-OH is 1. The topological polar surface area (TPSA) is 66.4 Å². The maximum atomic E-state index is 12.2. The molecule has 2 rings (SSSR count). The molecule has 1 heterocycles. The van der Waals surface area contributed by atoms with Crippen molar-refractivity contribution in [3.05, 3.63) is 57.3 Å². The van der Waals surface area contributed by atoms with E-state index in [1.807, 2.05) is 50.2 Å². The third kappa shape index (κ3) is 5.28. The van der Waals surface area contributed by atoms with E-state index in [2.05, 4.69) is 5.32 Å². The number of aliphatic hydroxyl groups is 1. The van der Waals surface area contributed by atoms with Gasteiger partial charge in [0.25, 0.3) is 0 Å². The molecule has 24 heavy (non-hydrogen) atoms. The van der Waals surface area contributed by atoms with E-state index >= 15 is 0 Å². The maximum absolute atomic E-state index is 12.2. The molecule has 5 heteroatoms. The number of thiophene rings is 1. The van der Waals surface area contributed by atoms with E-state index < -0.39 is 0 Å². The lowest BCUT2D eigenvalue weighted by Crippen LogP contribution is -2.39. The second kappa shape index (κ2) is 8.76. The summed E-state index contributed by atoms with van der Waals surface area (Å²) >= 11 is 1.59. The third-order valence-corrected chi connectivity index (χ3v) is 4.80. The Hall–Kier alpha value is -1.98. The molecule has 1 unspecified atom stereocenters. The summed E-state index contributed by atoms with van der Waals surface area (Å²) in [6.45, 7) is 3.76. The molecule has 0 bridgehead atoms. The predicted molar refractivity (Wildman–Crippen MR) is 96.5 cm³/mol. The Balaban J connectivity index is 1.83. The zero-order valence-corrected chi connectivity index (χ0v) is 14.9. The molecule has 2 aromatic rings. The summed E-state index contributed by atoms with van der Waals surface area (Å²) in [5, 5.41) is 12.3. The maximum Gasteiger partial charge on any atom is 0.220 e. The summed E-state index contributed by atoms with van der Waals surface area (Å²) < 4.78 is 0. The first-order valence-electron chi connectivity index (χ1n) is 8.04. The average molecular weight is 345 g/mol. The van der Waals surface area contributed by atoms with Gasteiger partial charge in [0.2, 0.25) is 5.91 Å². The molecule has 0 saturated heterocycles. The number of carbonyl (C=O) groups is 2. The van der Waals surface area contributed by atoms with Crippen molar-refractivity contribution in [3.63, 3.8) is 0 Å². The number of aryl methyl sites for hydroxylation is 2. The molecule has 1 atom stereocenters. The number of hydrogen-bond acceptors (Lipinski definition) is 4. The van der Waals surface area contributed by atoms with E-state index in [4.69, 9.17) is 0 Å². The Labute approximate surface area is 146 Å². The van der Waals surface area contributed by atoms with Gasteiger partial charge in [-0.25, -0.2) is 0 Å². The summed E-state index contributed by atoms with van der Waals surface area (Å²) in [7, 11) is 0. The molecule has 128 valence electrons. The van der Waals surface area contributed by atoms with Crippen LogP contribution in [0, 0.1) is 13.8 Å². The number of rotatable bonds is 8. The van der Waals surface area contributed by atoms with Gasteiger partial charge in [0.05, 0.1) is 12.6 Å². The molecule has 0 aliphatic carbocycles. The number of hydrogen-bond donors (Lipinski definition) is 2. The zero-order chi connectivity index (χ0) is 17.5. The highest BCUT2D eigenvalue weighted by molar-refractivity contribution is 7.12. The summed E-state index contributed by atoms with van der Waals surface area (Å²) in [6, 6.07) is 11.2. The smallest absolute Gasteiger partial charge is 0.220 e. The van der Waals surface area contributed by atoms with Gasteiger partial charge in [0, 0.05) is 28.2 Å². The summed E-state index contributed by atoms with van der Waals surface area (Å²) in [4.78, 5) is 26.4. The van der Waals surface area contributed by atoms with Gasteiger partial charge < -0.3 is 10.4 Å². The number of amides is 1. The number of Topliss-reactive ketones (excluding diaryl/α,β-unsaturated/α-hetero) is 1. The van der Waals surface area contributed by atoms with Crippen molar-refractivity contribution >= 4 is 23.0 Å². The molecule has 2 N–H and O–H groups in total. The lowest BCUT2D eigenvalue weighted by atomic mass is 10.1. The highest BCUT2D eigenvalue weighted by Crippen LogP contribution is 2.22. The lowest BCUT2D eigenvalue weighted by molar-refractivity contribution is -0.122. The monoisotopic (exact) mass is 345 g/mol. The van der Waals surface area contributed by atoms with Gasteiger partial charge in [0.15, 0.2) is 5.78 Å². The quantitative estimate of drug-likeness (QED) is 0.723. The molecule has 0 radical (unpaired) electrons. The molecule has 0 fully saturated rings. The van der Waals surface area contributed by atoms with E-state index in [9.17, 15) is 14.7 Å². The van der Waals surface area contributed by atoms with E-state index in [0.29, 0.717) is 12.0 Å². The van der Waals surface area contributed by atoms with E-state index in [0.717, 1.165) is 15.3 Å². The number of nitrogens with one attached hydrogen (secondary N) is 1. The number of carbonyl (C=O) groups excluding carboxylic acids is 2. The fourth-order valence-electron chi connectivity index (χ4n) is 2.63. The van der Waals surface area contributed by atoms with Gasteiger partial charge in [-0.3, -0.25) is 9.59 Å². The molecule has 1 amide bonds. The zero-order valence-electron chi connectivity index (χ0n) is 14.0. The highest BCUT2D eigenvalue weighted by Gasteiger charge is 2.16. The number of ketones is 1. The van der Waals surface area contributed by atoms with E-state index in [-0.39, 0.29) is 37.2 Å². The molecule has 0 saturated carbocycles. The van der Waals surface area contributed by atoms with Crippen molar-refractivity contribution < 1.29 is 14.7 Å². The largest absolute Gasteiger partial charge is 0.394 e. The Morgan fingerprint density at radius 1 is 1.17 bits per heavy atom. The van der Waals surface area contributed by atoms with Crippen LogP contribution in [0.2, 0.25) is 0 Å². The van der Waals surface area contributed by atoms with Crippen molar-refractivity contribution in [1.82, 2.24) is 5.32 Å². The van der Waals surface area contributed by atoms with Crippen LogP contribution in [0.25, 0.3) is 0 Å². The Kier molecular flexibility index (Phi) is 6.70. The van der Waals surface area contributed by atoms with Crippen LogP contribution in [-0.2, 0) is 11.2 Å². The lowest BCUT2D eigenvalue weighted by Gasteiger charge is -2.16. The van der Waals surface area contributed by atoms with Crippen LogP contribution < -0.4 is 5.32 Å². The normalized spacial score (nSPS) is 12.0. The molecule has 4 nitrogen and oxygen atoms in total. The van der Waals surface area contributed by atoms with Crippen LogP contribution in [0.5, 0.6) is 0 Å². The van der Waals surface area contributed by atoms with Crippen LogP contribution in [0.3, 0.4) is 0 Å². The molecular formula is C19H23NO3S. The molecule has 1 aromatic carbocycles. The third-order valence-electron chi connectivity index (χ3n) is 3.83. The van der Waals surface area contributed by atoms with Gasteiger partial charge >= 0.3 is 0 Å². The van der Waals surface area contributed by atoms with Crippen molar-refractivity contribution in [2.75, 3.05) is 6.61 Å². The standard InChI is InChI=1S/C19H23NO3S/c1-13-10-17(14(2)24-13)18(22)8-9-19(23)20-16(12-21)11-15-6-4-3-5-7-15/h3-7,10,16,21H,8-9,11-12H2,1-2H3,(H,20,23). The minimum absolute atomic E-state index is 0.00407. The first-order valence-corrected chi connectivity index (χ1v) is 8.85. The Morgan fingerprint density at radius 3 is 2.46 bits per heavy atom. The van der Waals surface area contributed by atoms with Crippen LogP contribution >= 0.6 is 11.3 Å². The van der Waals surface area contributed by atoms with Crippen molar-refractivity contribution in [2.45, 2.75) is 39.2 Å². The second-order valence-electron chi connectivity index (χ2n) is 5.89. The fourth-order valence-corrected chi connectivity index (χ4v) is 3.57. The predicted octanol–water partition coefficient (Wildman–Crippen LogP) is 3.05. The molecule has 0 aliphatic rings. The summed E-state index contributed by atoms with van der Waals surface area (Å²) in [5.74, 6) is -0.210. The summed E-state index contributed by atoms with van der Waals surface area (Å²) in [5.41, 5.74) is 1.77. The minimum Gasteiger partial charge on any atom is -0.394 e. The Morgan fingerprint density at radius 2 is 1.88 bits per heavy atom. The van der Waals surface area contributed by atoms with Gasteiger partial charge in [-0.05, 0) is 31.9 Å². The first kappa shape index (κ1) is 18.4. The van der Waals surface area contributed by atoms with Crippen LogP contribution in [0.15, 0.2) is 36.4 Å². The van der Waals surface area contributed by atoms with Crippen LogP contribution in [0.1, 0.15) is 38.5 Å². The van der Waals surface area contributed by atoms with E-state index in [1.54, 1.807) is 11.3 Å². The average Bonchev–Trinajstić information content (AvgIpc) is 2.91. The summed E-state index contributed by atoms with van der Waals surface area (Å²) in [6.07, 6.45) is 0.894. The van der Waals surface area contributed by atoms with Gasteiger partial charge in [-0.2, -0.15) is 0 Å². The first-order chi connectivity index (χ1) is 11.5. The molecular weight excluding hydrogens is 322 g/mol. The minimum atomic E-state index is -0.333. The van der Waals surface area contributed by atoms with Gasteiger partial charge in [-0.15, -0.1) is 11.3 Å². The van der Waals surface area contributed by atoms with Crippen molar-refractivity contribution in [1.29, 1.82) is 0 Å². The van der Waals surface area contributed by atoms with Gasteiger partial charge in [0.1, 0.15) is 0 Å². The van der Waals surface area contributed by atoms with E-state index in [1.165, 1.54) is 0 Å². The molecule has 0 aliphatic heterocycles. The fraction of sp³-hybridized carbons (Fsp3) is 0.368. The highest BCUT2D eigenvalue weighted by atomic mass is 32.1. The van der Waals surface area contributed by atoms with Crippen molar-refractivity contribution in [3.8, 4) is 0 Å². The molecule has 1 aromatic heterocycles. The second-order valence-corrected chi connectivity index (χ2v) is 7.35. The molecule has 0 spiro atoms. The SMILES string of the molecule is Cc1cc(C(=O)CCC(=O)NC(CO)Cc2ccccc2)c(C)s1.